The number of phenols is 1. The van der Waals surface area contributed by atoms with Crippen molar-refractivity contribution in [3.8, 4) is 5.75 Å². The van der Waals surface area contributed by atoms with Crippen molar-refractivity contribution in [2.45, 2.75) is 13.5 Å². The van der Waals surface area contributed by atoms with E-state index in [9.17, 15) is 9.90 Å². The van der Waals surface area contributed by atoms with E-state index in [1.165, 1.54) is 11.3 Å². The molecule has 2 aromatic rings. The Bertz CT molecular complexity index is 537. The quantitative estimate of drug-likeness (QED) is 0.874. The van der Waals surface area contributed by atoms with Crippen molar-refractivity contribution in [1.82, 2.24) is 10.3 Å². The largest absolute Gasteiger partial charge is 0.508 e. The Morgan fingerprint density at radius 3 is 3.00 bits per heavy atom. The molecular formula is C12H12N2O2S. The molecule has 0 aliphatic heterocycles. The highest BCUT2D eigenvalue weighted by Crippen LogP contribution is 2.13. The molecule has 1 aromatic heterocycles. The molecule has 0 bridgehead atoms. The van der Waals surface area contributed by atoms with Crippen LogP contribution in [0, 0.1) is 6.92 Å². The molecule has 0 aliphatic rings. The van der Waals surface area contributed by atoms with E-state index in [1.807, 2.05) is 13.0 Å². The van der Waals surface area contributed by atoms with Gasteiger partial charge >= 0.3 is 0 Å². The molecule has 2 N–H and O–H groups in total. The lowest BCUT2D eigenvalue weighted by molar-refractivity contribution is 0.0954. The third kappa shape index (κ3) is 3.04. The van der Waals surface area contributed by atoms with Gasteiger partial charge in [0.15, 0.2) is 0 Å². The Kier molecular flexibility index (Phi) is 3.39. The van der Waals surface area contributed by atoms with E-state index in [4.69, 9.17) is 0 Å². The lowest BCUT2D eigenvalue weighted by atomic mass is 10.2. The SMILES string of the molecule is Cc1ncc(C(=O)NCc2cccc(O)c2)s1. The van der Waals surface area contributed by atoms with Gasteiger partial charge in [0.25, 0.3) is 5.91 Å². The zero-order valence-electron chi connectivity index (χ0n) is 9.30. The maximum absolute atomic E-state index is 11.7. The van der Waals surface area contributed by atoms with Crippen molar-refractivity contribution in [2.24, 2.45) is 0 Å². The summed E-state index contributed by atoms with van der Waals surface area (Å²) in [6.45, 7) is 2.25. The zero-order chi connectivity index (χ0) is 12.3. The number of hydrogen-bond acceptors (Lipinski definition) is 4. The Morgan fingerprint density at radius 2 is 2.35 bits per heavy atom. The molecule has 0 atom stereocenters. The first kappa shape index (κ1) is 11.6. The highest BCUT2D eigenvalue weighted by Gasteiger charge is 2.08. The predicted molar refractivity (Wildman–Crippen MR) is 66.1 cm³/mol. The summed E-state index contributed by atoms with van der Waals surface area (Å²) in [6.07, 6.45) is 1.57. The Morgan fingerprint density at radius 1 is 1.53 bits per heavy atom. The van der Waals surface area contributed by atoms with Crippen molar-refractivity contribution < 1.29 is 9.90 Å². The molecule has 0 fully saturated rings. The maximum atomic E-state index is 11.7. The first-order chi connectivity index (χ1) is 8.15. The number of carbonyl (C=O) groups is 1. The molecule has 0 unspecified atom stereocenters. The number of amides is 1. The van der Waals surface area contributed by atoms with Crippen molar-refractivity contribution in [3.05, 3.63) is 45.9 Å². The fourth-order valence-electron chi connectivity index (χ4n) is 1.40. The molecule has 1 aromatic carbocycles. The normalized spacial score (nSPS) is 10.2. The van der Waals surface area contributed by atoms with E-state index in [0.717, 1.165) is 10.6 Å². The standard InChI is InChI=1S/C12H12N2O2S/c1-8-13-7-11(17-8)12(16)14-6-9-3-2-4-10(15)5-9/h2-5,7,15H,6H2,1H3,(H,14,16). The summed E-state index contributed by atoms with van der Waals surface area (Å²) in [5, 5.41) is 12.9. The van der Waals surface area contributed by atoms with Gasteiger partial charge in [-0.25, -0.2) is 4.98 Å². The number of nitrogens with one attached hydrogen (secondary N) is 1. The summed E-state index contributed by atoms with van der Waals surface area (Å²) >= 11 is 1.36. The molecule has 0 saturated carbocycles. The molecule has 1 amide bonds. The van der Waals surface area contributed by atoms with Crippen LogP contribution in [0.3, 0.4) is 0 Å². The summed E-state index contributed by atoms with van der Waals surface area (Å²) in [6, 6.07) is 6.81. The van der Waals surface area contributed by atoms with Crippen LogP contribution in [0.15, 0.2) is 30.5 Å². The van der Waals surface area contributed by atoms with Crippen LogP contribution in [0.25, 0.3) is 0 Å². The van der Waals surface area contributed by atoms with Crippen molar-refractivity contribution in [1.29, 1.82) is 0 Å². The number of aryl methyl sites for hydroxylation is 1. The summed E-state index contributed by atoms with van der Waals surface area (Å²) in [7, 11) is 0. The van der Waals surface area contributed by atoms with Gasteiger partial charge in [0.1, 0.15) is 10.6 Å². The minimum atomic E-state index is -0.140. The second kappa shape index (κ2) is 4.97. The fraction of sp³-hybridized carbons (Fsp3) is 0.167. The van der Waals surface area contributed by atoms with Gasteiger partial charge in [-0.15, -0.1) is 11.3 Å². The Labute approximate surface area is 103 Å². The van der Waals surface area contributed by atoms with Crippen molar-refractivity contribution >= 4 is 17.2 Å². The smallest absolute Gasteiger partial charge is 0.263 e. The molecule has 0 saturated heterocycles. The monoisotopic (exact) mass is 248 g/mol. The van der Waals surface area contributed by atoms with Gasteiger partial charge in [0.05, 0.1) is 11.2 Å². The molecule has 1 heterocycles. The van der Waals surface area contributed by atoms with Gasteiger partial charge in [-0.3, -0.25) is 4.79 Å². The molecule has 17 heavy (non-hydrogen) atoms. The summed E-state index contributed by atoms with van der Waals surface area (Å²) in [4.78, 5) is 16.3. The Hall–Kier alpha value is -1.88. The highest BCUT2D eigenvalue weighted by molar-refractivity contribution is 7.13. The highest BCUT2D eigenvalue weighted by atomic mass is 32.1. The topological polar surface area (TPSA) is 62.2 Å². The van der Waals surface area contributed by atoms with Crippen LogP contribution in [0.4, 0.5) is 0 Å². The third-order valence-electron chi connectivity index (χ3n) is 2.21. The number of phenolic OH excluding ortho intramolecular Hbond substituents is 1. The lowest BCUT2D eigenvalue weighted by Crippen LogP contribution is -2.21. The number of rotatable bonds is 3. The molecule has 0 spiro atoms. The third-order valence-corrected chi connectivity index (χ3v) is 3.12. The number of benzene rings is 1. The zero-order valence-corrected chi connectivity index (χ0v) is 10.1. The maximum Gasteiger partial charge on any atom is 0.263 e. The van der Waals surface area contributed by atoms with E-state index >= 15 is 0 Å². The van der Waals surface area contributed by atoms with Gasteiger partial charge in [0, 0.05) is 6.54 Å². The second-order valence-electron chi connectivity index (χ2n) is 3.60. The van der Waals surface area contributed by atoms with E-state index in [1.54, 1.807) is 24.4 Å². The van der Waals surface area contributed by atoms with Crippen LogP contribution in [-0.2, 0) is 6.54 Å². The minimum absolute atomic E-state index is 0.140. The summed E-state index contributed by atoms with van der Waals surface area (Å²) < 4.78 is 0. The van der Waals surface area contributed by atoms with Gasteiger partial charge in [-0.1, -0.05) is 12.1 Å². The first-order valence-electron chi connectivity index (χ1n) is 5.13. The van der Waals surface area contributed by atoms with Crippen LogP contribution < -0.4 is 5.32 Å². The fourth-order valence-corrected chi connectivity index (χ4v) is 2.10. The molecule has 0 aliphatic carbocycles. The van der Waals surface area contributed by atoms with Crippen molar-refractivity contribution in [2.75, 3.05) is 0 Å². The molecule has 0 radical (unpaired) electrons. The number of carbonyl (C=O) groups excluding carboxylic acids is 1. The van der Waals surface area contributed by atoms with E-state index in [0.29, 0.717) is 11.4 Å². The van der Waals surface area contributed by atoms with Gasteiger partial charge in [-0.2, -0.15) is 0 Å². The number of aromatic nitrogens is 1. The first-order valence-corrected chi connectivity index (χ1v) is 5.95. The van der Waals surface area contributed by atoms with Crippen LogP contribution in [0.1, 0.15) is 20.2 Å². The van der Waals surface area contributed by atoms with Crippen molar-refractivity contribution in [3.63, 3.8) is 0 Å². The molecule has 4 nitrogen and oxygen atoms in total. The van der Waals surface area contributed by atoms with Crippen LogP contribution in [-0.4, -0.2) is 16.0 Å². The van der Waals surface area contributed by atoms with E-state index in [2.05, 4.69) is 10.3 Å². The minimum Gasteiger partial charge on any atom is -0.508 e. The van der Waals surface area contributed by atoms with Crippen LogP contribution >= 0.6 is 11.3 Å². The summed E-state index contributed by atoms with van der Waals surface area (Å²) in [5.74, 6) is 0.0596. The number of nitrogens with zero attached hydrogens (tertiary/aromatic N) is 1. The van der Waals surface area contributed by atoms with Gasteiger partial charge in [-0.05, 0) is 24.6 Å². The molecular weight excluding hydrogens is 236 g/mol. The molecule has 2 rings (SSSR count). The van der Waals surface area contributed by atoms with Gasteiger partial charge < -0.3 is 10.4 Å². The van der Waals surface area contributed by atoms with Crippen LogP contribution in [0.2, 0.25) is 0 Å². The lowest BCUT2D eigenvalue weighted by Gasteiger charge is -2.03. The number of thiazole rings is 1. The molecule has 5 heteroatoms. The number of aromatic hydroxyl groups is 1. The Balaban J connectivity index is 1.97. The van der Waals surface area contributed by atoms with Gasteiger partial charge in [0.2, 0.25) is 0 Å². The average Bonchev–Trinajstić information content (AvgIpc) is 2.73. The summed E-state index contributed by atoms with van der Waals surface area (Å²) in [5.41, 5.74) is 0.861. The molecule has 88 valence electrons. The second-order valence-corrected chi connectivity index (χ2v) is 4.83. The van der Waals surface area contributed by atoms with E-state index in [-0.39, 0.29) is 11.7 Å². The predicted octanol–water partition coefficient (Wildman–Crippen LogP) is 2.09. The van der Waals surface area contributed by atoms with Crippen LogP contribution in [0.5, 0.6) is 5.75 Å². The van der Waals surface area contributed by atoms with E-state index < -0.39 is 0 Å². The average molecular weight is 248 g/mol. The number of hydrogen-bond donors (Lipinski definition) is 2.